The molecule has 0 rings (SSSR count). The van der Waals surface area contributed by atoms with Gasteiger partial charge < -0.3 is 0 Å². The van der Waals surface area contributed by atoms with Crippen LogP contribution >= 0.6 is 23.2 Å². The Morgan fingerprint density at radius 2 is 1.67 bits per heavy atom. The molecule has 0 aromatic carbocycles. The highest BCUT2D eigenvalue weighted by molar-refractivity contribution is 6.21. The molecule has 0 fully saturated rings. The van der Waals surface area contributed by atoms with Gasteiger partial charge in [-0.1, -0.05) is 27.2 Å². The second-order valence-electron chi connectivity index (χ2n) is 3.84. The van der Waals surface area contributed by atoms with E-state index in [9.17, 15) is 0 Å². The van der Waals surface area contributed by atoms with Crippen molar-refractivity contribution in [3.8, 4) is 0 Å². The van der Waals surface area contributed by atoms with Crippen molar-refractivity contribution in [3.05, 3.63) is 0 Å². The minimum Gasteiger partial charge on any atom is -0.126 e. The third-order valence-corrected chi connectivity index (χ3v) is 3.93. The first-order valence-corrected chi connectivity index (χ1v) is 5.83. The Bertz CT molecular complexity index is 100. The lowest BCUT2D eigenvalue weighted by atomic mass is 9.80. The van der Waals surface area contributed by atoms with E-state index < -0.39 is 0 Å². The predicted octanol–water partition coefficient (Wildman–Crippen LogP) is 4.30. The van der Waals surface area contributed by atoms with Gasteiger partial charge in [-0.05, 0) is 24.2 Å². The summed E-state index contributed by atoms with van der Waals surface area (Å²) in [4.78, 5) is 0. The van der Waals surface area contributed by atoms with E-state index in [4.69, 9.17) is 23.2 Å². The minimum atomic E-state index is 0.179. The monoisotopic (exact) mass is 210 g/mol. The number of alkyl halides is 2. The Balaban J connectivity index is 4.09. The van der Waals surface area contributed by atoms with E-state index in [1.54, 1.807) is 0 Å². The van der Waals surface area contributed by atoms with Crippen LogP contribution in [0, 0.1) is 11.3 Å². The molecule has 1 atom stereocenters. The summed E-state index contributed by atoms with van der Waals surface area (Å²) in [6, 6.07) is 0. The fourth-order valence-electron chi connectivity index (χ4n) is 1.36. The third-order valence-electron chi connectivity index (χ3n) is 2.80. The molecule has 1 unspecified atom stereocenters. The lowest BCUT2D eigenvalue weighted by Gasteiger charge is -2.30. The van der Waals surface area contributed by atoms with Crippen molar-refractivity contribution in [1.82, 2.24) is 0 Å². The van der Waals surface area contributed by atoms with Gasteiger partial charge in [-0.3, -0.25) is 0 Å². The van der Waals surface area contributed by atoms with Crippen LogP contribution in [0.4, 0.5) is 0 Å². The summed E-state index contributed by atoms with van der Waals surface area (Å²) >= 11 is 11.9. The molecule has 0 aromatic rings. The molecular weight excluding hydrogens is 191 g/mol. The molecule has 0 N–H and O–H groups in total. The van der Waals surface area contributed by atoms with E-state index in [0.717, 1.165) is 18.8 Å². The maximum atomic E-state index is 5.94. The first kappa shape index (κ1) is 12.6. The van der Waals surface area contributed by atoms with E-state index in [-0.39, 0.29) is 5.41 Å². The maximum absolute atomic E-state index is 5.94. The quantitative estimate of drug-likeness (QED) is 0.574. The van der Waals surface area contributed by atoms with Crippen molar-refractivity contribution >= 4 is 23.2 Å². The van der Waals surface area contributed by atoms with Crippen molar-refractivity contribution in [1.29, 1.82) is 0 Å². The van der Waals surface area contributed by atoms with E-state index in [1.165, 1.54) is 6.42 Å². The van der Waals surface area contributed by atoms with Gasteiger partial charge in [0, 0.05) is 11.8 Å². The van der Waals surface area contributed by atoms with E-state index in [0.29, 0.717) is 11.8 Å². The van der Waals surface area contributed by atoms with Crippen molar-refractivity contribution in [2.75, 3.05) is 11.8 Å². The molecule has 0 bridgehead atoms. The van der Waals surface area contributed by atoms with Gasteiger partial charge in [0.05, 0.1) is 0 Å². The molecule has 0 saturated heterocycles. The Hall–Kier alpha value is 0.580. The molecule has 12 heavy (non-hydrogen) atoms. The average Bonchev–Trinajstić information content (AvgIpc) is 2.14. The van der Waals surface area contributed by atoms with Gasteiger partial charge in [-0.15, -0.1) is 23.2 Å². The smallest absolute Gasteiger partial charge is 0.0291 e. The highest BCUT2D eigenvalue weighted by Gasteiger charge is 2.27. The van der Waals surface area contributed by atoms with E-state index >= 15 is 0 Å². The van der Waals surface area contributed by atoms with Crippen LogP contribution in [0.1, 0.15) is 40.0 Å². The van der Waals surface area contributed by atoms with Gasteiger partial charge in [0.15, 0.2) is 0 Å². The second kappa shape index (κ2) is 6.10. The molecule has 2 heteroatoms. The number of hydrogen-bond donors (Lipinski definition) is 0. The average molecular weight is 211 g/mol. The van der Waals surface area contributed by atoms with Crippen molar-refractivity contribution in [2.24, 2.45) is 11.3 Å². The number of hydrogen-bond acceptors (Lipinski definition) is 0. The van der Waals surface area contributed by atoms with Crippen LogP contribution in [0.15, 0.2) is 0 Å². The fourth-order valence-corrected chi connectivity index (χ4v) is 2.24. The molecule has 0 aliphatic heterocycles. The van der Waals surface area contributed by atoms with Gasteiger partial charge in [-0.25, -0.2) is 0 Å². The molecular formula is C10H20Cl2. The van der Waals surface area contributed by atoms with E-state index in [2.05, 4.69) is 20.8 Å². The molecule has 0 heterocycles. The molecule has 0 radical (unpaired) electrons. The normalized spacial score (nSPS) is 14.8. The van der Waals surface area contributed by atoms with Crippen molar-refractivity contribution in [3.63, 3.8) is 0 Å². The van der Waals surface area contributed by atoms with Gasteiger partial charge >= 0.3 is 0 Å². The summed E-state index contributed by atoms with van der Waals surface area (Å²) in [7, 11) is 0. The summed E-state index contributed by atoms with van der Waals surface area (Å²) in [6.45, 7) is 6.66. The molecule has 0 aromatic heterocycles. The Morgan fingerprint density at radius 3 is 1.92 bits per heavy atom. The SMILES string of the molecule is CCC(C)CC(CC)(CCl)CCl. The molecule has 0 nitrogen and oxygen atoms in total. The first-order valence-electron chi connectivity index (χ1n) is 4.76. The number of rotatable bonds is 6. The minimum absolute atomic E-state index is 0.179. The van der Waals surface area contributed by atoms with Crippen LogP contribution in [-0.2, 0) is 0 Å². The highest BCUT2D eigenvalue weighted by atomic mass is 35.5. The van der Waals surface area contributed by atoms with Crippen LogP contribution < -0.4 is 0 Å². The lowest BCUT2D eigenvalue weighted by Crippen LogP contribution is -2.26. The Labute approximate surface area is 86.6 Å². The third kappa shape index (κ3) is 3.53. The molecule has 0 spiro atoms. The molecule has 0 aliphatic rings. The Kier molecular flexibility index (Phi) is 6.39. The van der Waals surface area contributed by atoms with Gasteiger partial charge in [0.25, 0.3) is 0 Å². The first-order chi connectivity index (χ1) is 5.64. The summed E-state index contributed by atoms with van der Waals surface area (Å²) in [6.07, 6.45) is 3.47. The predicted molar refractivity (Wildman–Crippen MR) is 58.2 cm³/mol. The molecule has 0 aliphatic carbocycles. The van der Waals surface area contributed by atoms with Gasteiger partial charge in [0.2, 0.25) is 0 Å². The fraction of sp³-hybridized carbons (Fsp3) is 1.00. The van der Waals surface area contributed by atoms with Crippen LogP contribution in [0.5, 0.6) is 0 Å². The molecule has 0 amide bonds. The topological polar surface area (TPSA) is 0 Å². The Morgan fingerprint density at radius 1 is 1.17 bits per heavy atom. The maximum Gasteiger partial charge on any atom is 0.0291 e. The van der Waals surface area contributed by atoms with Crippen LogP contribution in [0.25, 0.3) is 0 Å². The van der Waals surface area contributed by atoms with Crippen LogP contribution in [-0.4, -0.2) is 11.8 Å². The highest BCUT2D eigenvalue weighted by Crippen LogP contribution is 2.34. The van der Waals surface area contributed by atoms with Gasteiger partial charge in [0.1, 0.15) is 0 Å². The van der Waals surface area contributed by atoms with Gasteiger partial charge in [-0.2, -0.15) is 0 Å². The summed E-state index contributed by atoms with van der Waals surface area (Å²) in [5.41, 5.74) is 0.179. The summed E-state index contributed by atoms with van der Waals surface area (Å²) in [5, 5.41) is 0. The summed E-state index contributed by atoms with van der Waals surface area (Å²) < 4.78 is 0. The molecule has 74 valence electrons. The van der Waals surface area contributed by atoms with Crippen molar-refractivity contribution in [2.45, 2.75) is 40.0 Å². The lowest BCUT2D eigenvalue weighted by molar-refractivity contribution is 0.272. The molecule has 0 saturated carbocycles. The van der Waals surface area contributed by atoms with Crippen LogP contribution in [0.2, 0.25) is 0 Å². The second-order valence-corrected chi connectivity index (χ2v) is 4.37. The summed E-state index contributed by atoms with van der Waals surface area (Å²) in [5.74, 6) is 2.12. The van der Waals surface area contributed by atoms with E-state index in [1.807, 2.05) is 0 Å². The van der Waals surface area contributed by atoms with Crippen LogP contribution in [0.3, 0.4) is 0 Å². The zero-order chi connectivity index (χ0) is 9.61. The zero-order valence-corrected chi connectivity index (χ0v) is 9.88. The van der Waals surface area contributed by atoms with Crippen molar-refractivity contribution < 1.29 is 0 Å². The largest absolute Gasteiger partial charge is 0.126 e. The zero-order valence-electron chi connectivity index (χ0n) is 8.37. The number of halogens is 2. The standard InChI is InChI=1S/C10H20Cl2/c1-4-9(3)6-10(5-2,7-11)8-12/h9H,4-8H2,1-3H3.